The number of hydrogen-bond acceptors (Lipinski definition) is 4. The Balaban J connectivity index is 1.67. The average Bonchev–Trinajstić information content (AvgIpc) is 2.77. The van der Waals surface area contributed by atoms with Crippen LogP contribution in [0.5, 0.6) is 11.5 Å². The van der Waals surface area contributed by atoms with Gasteiger partial charge in [-0.25, -0.2) is 0 Å². The van der Waals surface area contributed by atoms with Crippen LogP contribution in [0, 0.1) is 0 Å². The number of phenols is 1. The number of carbonyl (C=O) groups excluding carboxylic acids is 1. The first-order valence-electron chi connectivity index (χ1n) is 7.09. The molecule has 3 rings (SSSR count). The summed E-state index contributed by atoms with van der Waals surface area (Å²) in [4.78, 5) is 12.2. The van der Waals surface area contributed by atoms with Crippen LogP contribution in [0.25, 0.3) is 0 Å². The van der Waals surface area contributed by atoms with Crippen LogP contribution in [0.3, 0.4) is 0 Å². The summed E-state index contributed by atoms with van der Waals surface area (Å²) in [5.41, 5.74) is 0.302. The maximum atomic E-state index is 12.2. The molecule has 108 valence electrons. The van der Waals surface area contributed by atoms with E-state index >= 15 is 0 Å². The molecule has 20 heavy (non-hydrogen) atoms. The lowest BCUT2D eigenvalue weighted by molar-refractivity contribution is 0.0921. The van der Waals surface area contributed by atoms with Crippen LogP contribution in [0.1, 0.15) is 36.0 Å². The van der Waals surface area contributed by atoms with Crippen LogP contribution < -0.4 is 15.4 Å². The topological polar surface area (TPSA) is 70.6 Å². The van der Waals surface area contributed by atoms with Gasteiger partial charge in [-0.3, -0.25) is 4.79 Å². The molecule has 2 atom stereocenters. The fourth-order valence-corrected chi connectivity index (χ4v) is 3.27. The largest absolute Gasteiger partial charge is 0.507 e. The third-order valence-electron chi connectivity index (χ3n) is 4.26. The summed E-state index contributed by atoms with van der Waals surface area (Å²) < 4.78 is 5.02. The van der Waals surface area contributed by atoms with E-state index in [9.17, 15) is 9.90 Å². The normalized spacial score (nSPS) is 28.1. The Kier molecular flexibility index (Phi) is 3.53. The number of hydrogen-bond donors (Lipinski definition) is 3. The molecule has 1 aromatic carbocycles. The first-order valence-corrected chi connectivity index (χ1v) is 7.09. The Hall–Kier alpha value is -1.75. The minimum absolute atomic E-state index is 0.0428. The summed E-state index contributed by atoms with van der Waals surface area (Å²) in [6, 6.07) is 6.00. The van der Waals surface area contributed by atoms with E-state index < -0.39 is 0 Å². The number of amides is 1. The highest BCUT2D eigenvalue weighted by atomic mass is 16.5. The van der Waals surface area contributed by atoms with E-state index in [4.69, 9.17) is 4.74 Å². The number of nitrogens with one attached hydrogen (secondary N) is 2. The van der Waals surface area contributed by atoms with Crippen molar-refractivity contribution in [2.45, 2.75) is 43.8 Å². The van der Waals surface area contributed by atoms with Gasteiger partial charge in [-0.05, 0) is 37.8 Å². The van der Waals surface area contributed by atoms with Gasteiger partial charge >= 0.3 is 0 Å². The molecular weight excluding hydrogens is 256 g/mol. The molecule has 2 unspecified atom stereocenters. The second kappa shape index (κ2) is 5.32. The minimum atomic E-state index is -0.212. The standard InChI is InChI=1S/C15H20N2O3/c1-20-12-4-5-13(14(18)8-12)15(19)17-11-6-9-2-3-10(7-11)16-9/h4-5,8-11,16,18H,2-3,6-7H2,1H3,(H,17,19). The average molecular weight is 276 g/mol. The molecule has 0 aliphatic carbocycles. The Morgan fingerprint density at radius 2 is 2.05 bits per heavy atom. The van der Waals surface area contributed by atoms with Gasteiger partial charge in [0.25, 0.3) is 5.91 Å². The molecule has 0 spiro atoms. The second-order valence-corrected chi connectivity index (χ2v) is 5.66. The predicted octanol–water partition coefficient (Wildman–Crippen LogP) is 1.41. The van der Waals surface area contributed by atoms with Gasteiger partial charge in [0.05, 0.1) is 12.7 Å². The molecule has 0 radical (unpaired) electrons. The van der Waals surface area contributed by atoms with Crippen molar-refractivity contribution in [3.05, 3.63) is 23.8 Å². The summed E-state index contributed by atoms with van der Waals surface area (Å²) in [7, 11) is 1.53. The lowest BCUT2D eigenvalue weighted by atomic mass is 9.99. The number of aromatic hydroxyl groups is 1. The van der Waals surface area contributed by atoms with E-state index in [-0.39, 0.29) is 17.7 Å². The van der Waals surface area contributed by atoms with Crippen LogP contribution in [0.2, 0.25) is 0 Å². The SMILES string of the molecule is COc1ccc(C(=O)NC2CC3CCC(C2)N3)c(O)c1. The van der Waals surface area contributed by atoms with Crippen LogP contribution in [0.4, 0.5) is 0 Å². The van der Waals surface area contributed by atoms with Gasteiger partial charge in [0, 0.05) is 24.2 Å². The first kappa shape index (κ1) is 13.2. The number of piperidine rings is 1. The van der Waals surface area contributed by atoms with Crippen molar-refractivity contribution in [1.29, 1.82) is 0 Å². The fraction of sp³-hybridized carbons (Fsp3) is 0.533. The number of carbonyl (C=O) groups is 1. The van der Waals surface area contributed by atoms with E-state index in [0.29, 0.717) is 23.4 Å². The third-order valence-corrected chi connectivity index (χ3v) is 4.26. The lowest BCUT2D eigenvalue weighted by Gasteiger charge is -2.29. The molecular formula is C15H20N2O3. The molecule has 1 amide bonds. The summed E-state index contributed by atoms with van der Waals surface area (Å²) in [5.74, 6) is 0.286. The van der Waals surface area contributed by atoms with Crippen molar-refractivity contribution >= 4 is 5.91 Å². The Labute approximate surface area is 118 Å². The predicted molar refractivity (Wildman–Crippen MR) is 75.1 cm³/mol. The van der Waals surface area contributed by atoms with E-state index in [1.807, 2.05) is 0 Å². The van der Waals surface area contributed by atoms with E-state index in [1.54, 1.807) is 12.1 Å². The Bertz CT molecular complexity index is 506. The second-order valence-electron chi connectivity index (χ2n) is 5.66. The molecule has 0 saturated carbocycles. The molecule has 2 saturated heterocycles. The molecule has 5 nitrogen and oxygen atoms in total. The molecule has 2 aliphatic heterocycles. The Morgan fingerprint density at radius 1 is 1.35 bits per heavy atom. The van der Waals surface area contributed by atoms with Crippen LogP contribution >= 0.6 is 0 Å². The third kappa shape index (κ3) is 2.58. The highest BCUT2D eigenvalue weighted by molar-refractivity contribution is 5.97. The molecule has 2 aliphatic rings. The smallest absolute Gasteiger partial charge is 0.255 e. The molecule has 3 N–H and O–H groups in total. The van der Waals surface area contributed by atoms with Crippen molar-refractivity contribution in [2.24, 2.45) is 0 Å². The lowest BCUT2D eigenvalue weighted by Crippen LogP contribution is -2.48. The van der Waals surface area contributed by atoms with Gasteiger partial charge < -0.3 is 20.5 Å². The molecule has 2 bridgehead atoms. The molecule has 5 heteroatoms. The number of ether oxygens (including phenoxy) is 1. The van der Waals surface area contributed by atoms with Crippen molar-refractivity contribution in [3.8, 4) is 11.5 Å². The highest BCUT2D eigenvalue weighted by Gasteiger charge is 2.34. The van der Waals surface area contributed by atoms with E-state index in [0.717, 1.165) is 12.8 Å². The van der Waals surface area contributed by atoms with Crippen LogP contribution in [0.15, 0.2) is 18.2 Å². The number of fused-ring (bicyclic) bond motifs is 2. The van der Waals surface area contributed by atoms with Crippen molar-refractivity contribution in [1.82, 2.24) is 10.6 Å². The quantitative estimate of drug-likeness (QED) is 0.780. The van der Waals surface area contributed by atoms with Gasteiger partial charge in [-0.2, -0.15) is 0 Å². The fourth-order valence-electron chi connectivity index (χ4n) is 3.27. The van der Waals surface area contributed by atoms with Crippen molar-refractivity contribution in [2.75, 3.05) is 7.11 Å². The zero-order valence-corrected chi connectivity index (χ0v) is 11.6. The van der Waals surface area contributed by atoms with Gasteiger partial charge in [-0.15, -0.1) is 0 Å². The van der Waals surface area contributed by atoms with Gasteiger partial charge in [-0.1, -0.05) is 0 Å². The molecule has 2 fully saturated rings. The molecule has 0 aromatic heterocycles. The van der Waals surface area contributed by atoms with Gasteiger partial charge in [0.2, 0.25) is 0 Å². The van der Waals surface area contributed by atoms with E-state index in [1.165, 1.54) is 26.0 Å². The zero-order chi connectivity index (χ0) is 14.1. The number of methoxy groups -OCH3 is 1. The molecule has 1 aromatic rings. The minimum Gasteiger partial charge on any atom is -0.507 e. The van der Waals surface area contributed by atoms with Gasteiger partial charge in [0.1, 0.15) is 11.5 Å². The number of rotatable bonds is 3. The zero-order valence-electron chi connectivity index (χ0n) is 11.6. The van der Waals surface area contributed by atoms with Crippen LogP contribution in [-0.2, 0) is 0 Å². The first-order chi connectivity index (χ1) is 9.65. The Morgan fingerprint density at radius 3 is 2.65 bits per heavy atom. The maximum Gasteiger partial charge on any atom is 0.255 e. The van der Waals surface area contributed by atoms with Crippen molar-refractivity contribution < 1.29 is 14.6 Å². The molecule has 2 heterocycles. The van der Waals surface area contributed by atoms with E-state index in [2.05, 4.69) is 10.6 Å². The summed E-state index contributed by atoms with van der Waals surface area (Å²) in [6.07, 6.45) is 4.34. The number of benzene rings is 1. The van der Waals surface area contributed by atoms with Crippen molar-refractivity contribution in [3.63, 3.8) is 0 Å². The van der Waals surface area contributed by atoms with Gasteiger partial charge in [0.15, 0.2) is 0 Å². The maximum absolute atomic E-state index is 12.2. The highest BCUT2D eigenvalue weighted by Crippen LogP contribution is 2.28. The van der Waals surface area contributed by atoms with Crippen LogP contribution in [-0.4, -0.2) is 36.2 Å². The summed E-state index contributed by atoms with van der Waals surface area (Å²) in [5, 5.41) is 16.5. The summed E-state index contributed by atoms with van der Waals surface area (Å²) in [6.45, 7) is 0. The summed E-state index contributed by atoms with van der Waals surface area (Å²) >= 11 is 0. The number of phenolic OH excluding ortho intramolecular Hbond substituents is 1. The monoisotopic (exact) mass is 276 g/mol.